The first-order valence-corrected chi connectivity index (χ1v) is 9.29. The average molecular weight is 375 g/mol. The number of sulfonamides is 1. The Labute approximate surface area is 142 Å². The van der Waals surface area contributed by atoms with E-state index < -0.39 is 22.1 Å². The first-order valence-electron chi connectivity index (χ1n) is 7.68. The molecule has 1 fully saturated rings. The maximum absolute atomic E-state index is 12.5. The topological polar surface area (TPSA) is 76.3 Å². The summed E-state index contributed by atoms with van der Waals surface area (Å²) in [5.41, 5.74) is 0.691. The highest BCUT2D eigenvalue weighted by Crippen LogP contribution is 2.33. The number of alkyl halides is 3. The molecule has 0 bridgehead atoms. The quantitative estimate of drug-likeness (QED) is 0.821. The van der Waals surface area contributed by atoms with Crippen LogP contribution in [-0.4, -0.2) is 36.0 Å². The highest BCUT2D eigenvalue weighted by molar-refractivity contribution is 7.88. The van der Waals surface area contributed by atoms with Gasteiger partial charge in [-0.15, -0.1) is 10.2 Å². The minimum absolute atomic E-state index is 0.0903. The molecule has 0 saturated carbocycles. The number of hydrogen-bond acceptors (Lipinski definition) is 5. The van der Waals surface area contributed by atoms with Crippen molar-refractivity contribution >= 4 is 10.0 Å². The van der Waals surface area contributed by atoms with Crippen LogP contribution in [0.25, 0.3) is 0 Å². The number of halogens is 3. The van der Waals surface area contributed by atoms with Gasteiger partial charge in [-0.25, -0.2) is 12.7 Å². The lowest BCUT2D eigenvalue weighted by molar-refractivity contribution is -0.157. The summed E-state index contributed by atoms with van der Waals surface area (Å²) in [6, 6.07) is 8.82. The Balaban J connectivity index is 1.62. The summed E-state index contributed by atoms with van der Waals surface area (Å²) in [6.45, 7) is 0.424. The first-order chi connectivity index (χ1) is 11.8. The molecule has 1 aromatic carbocycles. The molecule has 10 heteroatoms. The predicted octanol–water partition coefficient (Wildman–Crippen LogP) is 2.80. The van der Waals surface area contributed by atoms with Gasteiger partial charge in [-0.05, 0) is 18.4 Å². The van der Waals surface area contributed by atoms with Gasteiger partial charge in [0.2, 0.25) is 15.9 Å². The molecule has 1 aromatic heterocycles. The van der Waals surface area contributed by atoms with Crippen molar-refractivity contribution in [2.45, 2.75) is 30.7 Å². The zero-order valence-corrected chi connectivity index (χ0v) is 13.9. The molecule has 1 aliphatic rings. The van der Waals surface area contributed by atoms with Gasteiger partial charge in [-0.1, -0.05) is 30.3 Å². The number of aromatic nitrogens is 2. The average Bonchev–Trinajstić information content (AvgIpc) is 3.06. The minimum atomic E-state index is -4.68. The standard InChI is InChI=1S/C15H16F3N3O3S/c16-15(17,18)14-20-19-13(24-14)12-6-8-21(9-7-12)25(22,23)10-11-4-2-1-3-5-11/h1-5,12H,6-10H2. The van der Waals surface area contributed by atoms with Crippen LogP contribution in [-0.2, 0) is 22.0 Å². The molecule has 0 aliphatic carbocycles. The number of nitrogens with zero attached hydrogens (tertiary/aromatic N) is 3. The van der Waals surface area contributed by atoms with E-state index >= 15 is 0 Å². The Kier molecular flexibility index (Phi) is 4.83. The van der Waals surface area contributed by atoms with Crippen LogP contribution < -0.4 is 0 Å². The molecule has 136 valence electrons. The molecule has 1 saturated heterocycles. The summed E-state index contributed by atoms with van der Waals surface area (Å²) in [4.78, 5) is 0. The largest absolute Gasteiger partial charge is 0.470 e. The Bertz CT molecular complexity index is 813. The summed E-state index contributed by atoms with van der Waals surface area (Å²) < 4.78 is 68.5. The lowest BCUT2D eigenvalue weighted by Crippen LogP contribution is -2.38. The lowest BCUT2D eigenvalue weighted by Gasteiger charge is -2.29. The van der Waals surface area contributed by atoms with E-state index in [9.17, 15) is 21.6 Å². The fraction of sp³-hybridized carbons (Fsp3) is 0.467. The Morgan fingerprint density at radius 3 is 2.32 bits per heavy atom. The molecule has 2 aromatic rings. The van der Waals surface area contributed by atoms with Crippen molar-refractivity contribution < 1.29 is 26.0 Å². The van der Waals surface area contributed by atoms with E-state index in [1.54, 1.807) is 30.3 Å². The van der Waals surface area contributed by atoms with Crippen molar-refractivity contribution in [3.8, 4) is 0 Å². The van der Waals surface area contributed by atoms with Crippen molar-refractivity contribution in [3.63, 3.8) is 0 Å². The van der Waals surface area contributed by atoms with E-state index in [0.717, 1.165) is 0 Å². The highest BCUT2D eigenvalue weighted by atomic mass is 32.2. The molecule has 1 aliphatic heterocycles. The van der Waals surface area contributed by atoms with Crippen molar-refractivity contribution in [1.29, 1.82) is 0 Å². The van der Waals surface area contributed by atoms with Gasteiger partial charge in [0.15, 0.2) is 0 Å². The van der Waals surface area contributed by atoms with Gasteiger partial charge in [0.05, 0.1) is 5.75 Å². The second-order valence-corrected chi connectivity index (χ2v) is 7.83. The number of hydrogen-bond donors (Lipinski definition) is 0. The van der Waals surface area contributed by atoms with Crippen LogP contribution in [0.4, 0.5) is 13.2 Å². The first kappa shape index (κ1) is 17.9. The Hall–Kier alpha value is -1.94. The van der Waals surface area contributed by atoms with Crippen molar-refractivity contribution in [2.24, 2.45) is 0 Å². The van der Waals surface area contributed by atoms with Crippen LogP contribution in [0.5, 0.6) is 0 Å². The van der Waals surface area contributed by atoms with Crippen molar-refractivity contribution in [3.05, 3.63) is 47.7 Å². The monoisotopic (exact) mass is 375 g/mol. The third-order valence-electron chi connectivity index (χ3n) is 4.07. The molecular formula is C15H16F3N3O3S. The Morgan fingerprint density at radius 1 is 1.12 bits per heavy atom. The molecular weight excluding hydrogens is 359 g/mol. The number of rotatable bonds is 4. The molecule has 25 heavy (non-hydrogen) atoms. The van der Waals surface area contributed by atoms with E-state index in [1.165, 1.54) is 4.31 Å². The minimum Gasteiger partial charge on any atom is -0.417 e. The second-order valence-electron chi connectivity index (χ2n) is 5.86. The van der Waals surface area contributed by atoms with Gasteiger partial charge < -0.3 is 4.42 Å². The molecule has 0 amide bonds. The molecule has 0 atom stereocenters. The number of benzene rings is 1. The van der Waals surface area contributed by atoms with Crippen molar-refractivity contribution in [1.82, 2.24) is 14.5 Å². The van der Waals surface area contributed by atoms with E-state index in [1.807, 2.05) is 0 Å². The van der Waals surface area contributed by atoms with Crippen LogP contribution >= 0.6 is 0 Å². The van der Waals surface area contributed by atoms with Crippen LogP contribution in [0.1, 0.15) is 36.1 Å². The second kappa shape index (κ2) is 6.75. The molecule has 3 rings (SSSR count). The molecule has 0 radical (unpaired) electrons. The fourth-order valence-corrected chi connectivity index (χ4v) is 4.33. The van der Waals surface area contributed by atoms with Gasteiger partial charge in [0.25, 0.3) is 0 Å². The molecule has 0 N–H and O–H groups in total. The smallest absolute Gasteiger partial charge is 0.417 e. The highest BCUT2D eigenvalue weighted by Gasteiger charge is 2.39. The van der Waals surface area contributed by atoms with Crippen molar-refractivity contribution in [2.75, 3.05) is 13.1 Å². The van der Waals surface area contributed by atoms with Gasteiger partial charge in [-0.3, -0.25) is 0 Å². The van der Waals surface area contributed by atoms with Gasteiger partial charge in [0, 0.05) is 19.0 Å². The maximum atomic E-state index is 12.5. The summed E-state index contributed by atoms with van der Waals surface area (Å²) in [5.74, 6) is -1.93. The van der Waals surface area contributed by atoms with E-state index in [-0.39, 0.29) is 30.7 Å². The SMILES string of the molecule is O=S(=O)(Cc1ccccc1)N1CCC(c2nnc(C(F)(F)F)o2)CC1. The van der Waals surface area contributed by atoms with E-state index in [2.05, 4.69) is 14.6 Å². The van der Waals surface area contributed by atoms with Crippen LogP contribution in [0.15, 0.2) is 34.7 Å². The van der Waals surface area contributed by atoms with Gasteiger partial charge in [-0.2, -0.15) is 13.2 Å². The predicted molar refractivity (Wildman–Crippen MR) is 81.9 cm³/mol. The third-order valence-corrected chi connectivity index (χ3v) is 5.92. The lowest BCUT2D eigenvalue weighted by atomic mass is 9.98. The van der Waals surface area contributed by atoms with E-state index in [4.69, 9.17) is 0 Å². The number of piperidine rings is 1. The Morgan fingerprint density at radius 2 is 1.76 bits per heavy atom. The van der Waals surface area contributed by atoms with E-state index in [0.29, 0.717) is 18.4 Å². The van der Waals surface area contributed by atoms with Crippen LogP contribution in [0.2, 0.25) is 0 Å². The molecule has 2 heterocycles. The van der Waals surface area contributed by atoms with Crippen LogP contribution in [0.3, 0.4) is 0 Å². The summed E-state index contributed by atoms with van der Waals surface area (Å²) in [6.07, 6.45) is -3.99. The fourth-order valence-electron chi connectivity index (χ4n) is 2.77. The normalized spacial score (nSPS) is 17.7. The molecule has 0 spiro atoms. The van der Waals surface area contributed by atoms with Gasteiger partial charge >= 0.3 is 12.1 Å². The maximum Gasteiger partial charge on any atom is 0.470 e. The summed E-state index contributed by atoms with van der Waals surface area (Å²) >= 11 is 0. The summed E-state index contributed by atoms with van der Waals surface area (Å²) in [5, 5.41) is 6.47. The van der Waals surface area contributed by atoms with Crippen LogP contribution in [0, 0.1) is 0 Å². The summed E-state index contributed by atoms with van der Waals surface area (Å²) in [7, 11) is -3.47. The zero-order valence-electron chi connectivity index (χ0n) is 13.1. The molecule has 0 unspecified atom stereocenters. The third kappa shape index (κ3) is 4.18. The molecule has 6 nitrogen and oxygen atoms in total. The van der Waals surface area contributed by atoms with Gasteiger partial charge in [0.1, 0.15) is 0 Å². The zero-order chi connectivity index (χ0) is 18.1.